The van der Waals surface area contributed by atoms with Crippen molar-refractivity contribution in [2.75, 3.05) is 18.0 Å². The molecule has 2 aliphatic carbocycles. The summed E-state index contributed by atoms with van der Waals surface area (Å²) in [4.78, 5) is 39.5. The van der Waals surface area contributed by atoms with Gasteiger partial charge in [0.15, 0.2) is 11.7 Å². The molecule has 3 atom stereocenters. The number of oxazole rings is 1. The Morgan fingerprint density at radius 1 is 1.02 bits per heavy atom. The minimum absolute atomic E-state index is 0.0377. The minimum Gasteiger partial charge on any atom is -0.490 e. The van der Waals surface area contributed by atoms with Crippen molar-refractivity contribution in [2.45, 2.75) is 108 Å². The number of nitrogens with one attached hydrogen (secondary N) is 1. The molecule has 2 saturated carbocycles. The molecule has 7 heterocycles. The topological polar surface area (TPSA) is 173 Å². The second-order valence-corrected chi connectivity index (χ2v) is 19.8. The quantitative estimate of drug-likeness (QED) is 0.142. The summed E-state index contributed by atoms with van der Waals surface area (Å²) >= 11 is 8.04. The second kappa shape index (κ2) is 17.2. The van der Waals surface area contributed by atoms with Crippen LogP contribution < -0.4 is 15.0 Å². The number of nitriles is 1. The van der Waals surface area contributed by atoms with E-state index in [1.807, 2.05) is 24.9 Å². The lowest BCUT2D eigenvalue weighted by molar-refractivity contribution is 0.0276. The highest BCUT2D eigenvalue weighted by Crippen LogP contribution is 2.54. The van der Waals surface area contributed by atoms with Gasteiger partial charge in [0, 0.05) is 65.9 Å². The Labute approximate surface area is 376 Å². The van der Waals surface area contributed by atoms with Gasteiger partial charge in [-0.05, 0) is 106 Å². The number of halogens is 1. The molecule has 0 bridgehead atoms. The summed E-state index contributed by atoms with van der Waals surface area (Å²) in [6, 6.07) is 11.4. The number of carbonyl (C=O) groups is 1. The van der Waals surface area contributed by atoms with E-state index >= 15 is 0 Å². The average molecular weight is 885 g/mol. The molecule has 3 aliphatic heterocycles. The third-order valence-electron chi connectivity index (χ3n) is 13.8. The fourth-order valence-electron chi connectivity index (χ4n) is 10.2. The molecule has 4 aromatic heterocycles. The third-order valence-corrected chi connectivity index (χ3v) is 15.6. The number of benzene rings is 1. The largest absolute Gasteiger partial charge is 0.490 e. The van der Waals surface area contributed by atoms with Crippen molar-refractivity contribution >= 4 is 46.0 Å². The number of nitrogens with zero attached hydrogens (tertiary/aromatic N) is 10. The number of hydrogen-bond donors (Lipinski definition) is 1. The zero-order valence-corrected chi connectivity index (χ0v) is 37.3. The van der Waals surface area contributed by atoms with Crippen molar-refractivity contribution in [3.05, 3.63) is 112 Å². The minimum atomic E-state index is -0.295. The van der Waals surface area contributed by atoms with Gasteiger partial charge in [-0.15, -0.1) is 22.0 Å². The number of allylic oxidation sites excluding steroid dienone is 1. The molecule has 1 N–H and O–H groups in total. The van der Waals surface area contributed by atoms with Gasteiger partial charge in [0.1, 0.15) is 29.9 Å². The molecule has 1 saturated heterocycles. The molecule has 10 rings (SSSR count). The van der Waals surface area contributed by atoms with Gasteiger partial charge in [0.05, 0.1) is 45.6 Å². The summed E-state index contributed by atoms with van der Waals surface area (Å²) in [7, 11) is 0. The van der Waals surface area contributed by atoms with Crippen LogP contribution in [0.15, 0.2) is 76.4 Å². The van der Waals surface area contributed by atoms with E-state index in [1.165, 1.54) is 18.4 Å². The molecule has 324 valence electrons. The first-order valence-electron chi connectivity index (χ1n) is 22.1. The standard InChI is InChI=1S/C47H50ClN11O3S/c1-27-28(2)63-45-41(27)42(55-39(20-40-50-14-17-61-40)43-57-56-29(3)59(43)45)32-4-6-35(51-24-32)18-30-21-47(22-30)12-15-58(16-13-47)46-52-25-33(26-53-46)44(60)54-34-7-10-36(11-8-34)62-37-9-5-31(23-49)38(48)19-37/h4-6,9,14,17,19,24-28,30,34,36,39H,7-8,10-13,15-16,18,20-22H2,1-3H3,(H,54,60)/t27?,28?,34?,36?,39-/m0/s1. The molecule has 1 spiro atoms. The molecule has 63 heavy (non-hydrogen) atoms. The summed E-state index contributed by atoms with van der Waals surface area (Å²) in [5.41, 5.74) is 5.60. The molecule has 5 aromatic rings. The fourth-order valence-corrected chi connectivity index (χ4v) is 11.8. The molecular weight excluding hydrogens is 834 g/mol. The molecule has 5 aliphatic rings. The van der Waals surface area contributed by atoms with Crippen LogP contribution in [0, 0.1) is 35.5 Å². The Hall–Kier alpha value is -5.59. The number of aryl methyl sites for hydroxylation is 1. The van der Waals surface area contributed by atoms with E-state index in [0.717, 1.165) is 91.7 Å². The summed E-state index contributed by atoms with van der Waals surface area (Å²) in [6.45, 7) is 8.39. The Morgan fingerprint density at radius 3 is 2.51 bits per heavy atom. The number of ether oxygens (including phenoxy) is 1. The van der Waals surface area contributed by atoms with Gasteiger partial charge in [0.25, 0.3) is 5.91 Å². The zero-order valence-electron chi connectivity index (χ0n) is 35.7. The Bertz CT molecular complexity index is 2580. The maximum Gasteiger partial charge on any atom is 0.254 e. The average Bonchev–Trinajstić information content (AvgIpc) is 3.99. The number of rotatable bonds is 10. The Kier molecular flexibility index (Phi) is 11.3. The van der Waals surface area contributed by atoms with Crippen LogP contribution in [-0.4, -0.2) is 76.8 Å². The molecule has 0 radical (unpaired) electrons. The lowest BCUT2D eigenvalue weighted by Crippen LogP contribution is -2.48. The van der Waals surface area contributed by atoms with Gasteiger partial charge in [-0.25, -0.2) is 15.0 Å². The maximum absolute atomic E-state index is 13.1. The van der Waals surface area contributed by atoms with Crippen LogP contribution >= 0.6 is 23.4 Å². The first-order valence-corrected chi connectivity index (χ1v) is 23.4. The van der Waals surface area contributed by atoms with Gasteiger partial charge in [0.2, 0.25) is 5.95 Å². The summed E-state index contributed by atoms with van der Waals surface area (Å²) < 4.78 is 14.0. The molecular formula is C47H50ClN11O3S. The van der Waals surface area contributed by atoms with Crippen LogP contribution in [0.3, 0.4) is 0 Å². The smallest absolute Gasteiger partial charge is 0.254 e. The number of aromatic nitrogens is 7. The number of fused-ring (bicyclic) bond motifs is 2. The molecule has 14 nitrogen and oxygen atoms in total. The highest BCUT2D eigenvalue weighted by molar-refractivity contribution is 8.08. The molecule has 1 amide bonds. The van der Waals surface area contributed by atoms with Crippen molar-refractivity contribution < 1.29 is 13.9 Å². The first kappa shape index (κ1) is 41.4. The van der Waals surface area contributed by atoms with Crippen molar-refractivity contribution in [3.63, 3.8) is 0 Å². The van der Waals surface area contributed by atoms with E-state index < -0.39 is 0 Å². The number of thioether (sulfide) groups is 1. The van der Waals surface area contributed by atoms with Crippen LogP contribution in [0.1, 0.15) is 116 Å². The van der Waals surface area contributed by atoms with E-state index in [1.54, 1.807) is 43.1 Å². The van der Waals surface area contributed by atoms with Crippen molar-refractivity contribution in [3.8, 4) is 11.8 Å². The molecule has 16 heteroatoms. The van der Waals surface area contributed by atoms with Crippen molar-refractivity contribution in [1.29, 1.82) is 5.26 Å². The maximum atomic E-state index is 13.1. The van der Waals surface area contributed by atoms with Crippen LogP contribution in [0.4, 0.5) is 5.95 Å². The Balaban J connectivity index is 0.709. The highest BCUT2D eigenvalue weighted by atomic mass is 35.5. The number of hydrogen-bond acceptors (Lipinski definition) is 13. The molecule has 3 fully saturated rings. The monoisotopic (exact) mass is 883 g/mol. The van der Waals surface area contributed by atoms with Gasteiger partial charge in [-0.1, -0.05) is 25.4 Å². The summed E-state index contributed by atoms with van der Waals surface area (Å²) in [6.07, 6.45) is 18.0. The van der Waals surface area contributed by atoms with E-state index in [-0.39, 0.29) is 24.1 Å². The van der Waals surface area contributed by atoms with Crippen LogP contribution in [0.25, 0.3) is 5.03 Å². The number of amides is 1. The number of anilines is 1. The van der Waals surface area contributed by atoms with Gasteiger partial charge in [-0.2, -0.15) is 5.26 Å². The number of piperidine rings is 1. The SMILES string of the molecule is Cc1nnc2n1C1=C(C(c3ccc(CC4CC5(CCN(c6ncc(C(=O)NC7CCC(Oc8ccc(C#N)c(Cl)c8)CC7)cn6)CC5)C4)nc3)=N[C@H]2Cc2ncco2)C(C)C(C)S1. The summed E-state index contributed by atoms with van der Waals surface area (Å²) in [5, 5.41) is 23.3. The lowest BCUT2D eigenvalue weighted by Gasteiger charge is -2.52. The van der Waals surface area contributed by atoms with E-state index in [9.17, 15) is 4.79 Å². The van der Waals surface area contributed by atoms with Crippen molar-refractivity contribution in [2.24, 2.45) is 22.2 Å². The molecule has 2 unspecified atom stereocenters. The van der Waals surface area contributed by atoms with E-state index in [2.05, 4.69) is 72.0 Å². The van der Waals surface area contributed by atoms with Gasteiger partial charge in [-0.3, -0.25) is 19.3 Å². The normalized spacial score (nSPS) is 24.2. The van der Waals surface area contributed by atoms with E-state index in [4.69, 9.17) is 36.0 Å². The predicted molar refractivity (Wildman–Crippen MR) is 241 cm³/mol. The van der Waals surface area contributed by atoms with Crippen molar-refractivity contribution in [1.82, 2.24) is 40.0 Å². The van der Waals surface area contributed by atoms with Crippen LogP contribution in [0.5, 0.6) is 5.75 Å². The first-order chi connectivity index (χ1) is 30.6. The van der Waals surface area contributed by atoms with E-state index in [0.29, 0.717) is 62.7 Å². The predicted octanol–water partition coefficient (Wildman–Crippen LogP) is 8.37. The lowest BCUT2D eigenvalue weighted by atomic mass is 9.56. The third kappa shape index (κ3) is 8.35. The molecule has 1 aromatic carbocycles. The number of carbonyl (C=O) groups excluding carboxylic acids is 1. The van der Waals surface area contributed by atoms with Gasteiger partial charge >= 0.3 is 0 Å². The number of pyridine rings is 1. The van der Waals surface area contributed by atoms with Crippen LogP contribution in [-0.2, 0) is 12.8 Å². The second-order valence-electron chi connectivity index (χ2n) is 18.0. The van der Waals surface area contributed by atoms with Gasteiger partial charge < -0.3 is 19.4 Å². The van der Waals surface area contributed by atoms with Crippen LogP contribution in [0.2, 0.25) is 5.02 Å². The zero-order chi connectivity index (χ0) is 43.2. The Morgan fingerprint density at radius 2 is 1.81 bits per heavy atom. The summed E-state index contributed by atoms with van der Waals surface area (Å²) in [5.74, 6) is 4.39. The highest BCUT2D eigenvalue weighted by Gasteiger charge is 2.46. The fraction of sp³-hybridized carbons (Fsp3) is 0.468. The number of aliphatic imine (C=N–C) groups is 1.